The average Bonchev–Trinajstić information content (AvgIpc) is 1.64. The molecular weight excluding hydrogens is 116 g/mol. The van der Waals surface area contributed by atoms with Crippen molar-refractivity contribution in [3.8, 4) is 0 Å². The fourth-order valence-corrected chi connectivity index (χ4v) is 0.901. The molecule has 0 aromatic rings. The lowest BCUT2D eigenvalue weighted by molar-refractivity contribution is -0.122. The molecule has 1 rings (SSSR count). The topological polar surface area (TPSA) is 37.3 Å². The van der Waals surface area contributed by atoms with E-state index >= 15 is 0 Å². The van der Waals surface area contributed by atoms with E-state index in [2.05, 4.69) is 6.92 Å². The van der Waals surface area contributed by atoms with Gasteiger partial charge in [-0.25, -0.2) is 0 Å². The maximum atomic E-state index is 8.36. The van der Waals surface area contributed by atoms with Crippen molar-refractivity contribution < 1.29 is 9.90 Å². The molecule has 0 amide bonds. The predicted molar refractivity (Wildman–Crippen MR) is 36.3 cm³/mol. The van der Waals surface area contributed by atoms with Gasteiger partial charge in [0.2, 0.25) is 0 Å². The first-order chi connectivity index (χ1) is 4.35. The molecule has 0 radical (unpaired) electrons. The molecule has 0 heterocycles. The third-order valence-electron chi connectivity index (χ3n) is 1.80. The molecule has 1 fully saturated rings. The Morgan fingerprint density at radius 3 is 2.11 bits per heavy atom. The predicted octanol–water partition coefficient (Wildman–Crippen LogP) is 1.90. The zero-order chi connectivity index (χ0) is 7.11. The van der Waals surface area contributed by atoms with Crippen LogP contribution in [-0.2, 0) is 4.79 Å². The molecule has 9 heavy (non-hydrogen) atoms. The van der Waals surface area contributed by atoms with Gasteiger partial charge in [0, 0.05) is 0 Å². The first-order valence-electron chi connectivity index (χ1n) is 3.43. The third-order valence-corrected chi connectivity index (χ3v) is 1.80. The van der Waals surface area contributed by atoms with Crippen LogP contribution >= 0.6 is 0 Å². The molecule has 0 saturated heterocycles. The average molecular weight is 130 g/mol. The van der Waals surface area contributed by atoms with Crippen LogP contribution in [0.1, 0.15) is 32.6 Å². The van der Waals surface area contributed by atoms with Crippen LogP contribution in [-0.4, -0.2) is 11.6 Å². The zero-order valence-corrected chi connectivity index (χ0v) is 5.84. The van der Waals surface area contributed by atoms with Crippen molar-refractivity contribution in [2.45, 2.75) is 32.6 Å². The van der Waals surface area contributed by atoms with Crippen LogP contribution in [0.25, 0.3) is 0 Å². The van der Waals surface area contributed by atoms with Gasteiger partial charge < -0.3 is 5.11 Å². The summed E-state index contributed by atoms with van der Waals surface area (Å²) in [6.45, 7) is 2.03. The summed E-state index contributed by atoms with van der Waals surface area (Å²) in [6, 6.07) is 0. The molecule has 54 valence electrons. The second kappa shape index (κ2) is 5.60. The second-order valence-corrected chi connectivity index (χ2v) is 2.31. The Morgan fingerprint density at radius 2 is 2.11 bits per heavy atom. The van der Waals surface area contributed by atoms with E-state index in [0.717, 1.165) is 5.92 Å². The number of carbonyl (C=O) groups is 1. The van der Waals surface area contributed by atoms with E-state index in [1.54, 1.807) is 0 Å². The molecule has 0 aliphatic heterocycles. The van der Waals surface area contributed by atoms with Crippen molar-refractivity contribution in [1.82, 2.24) is 0 Å². The molecule has 2 nitrogen and oxygen atoms in total. The van der Waals surface area contributed by atoms with Crippen molar-refractivity contribution in [2.75, 3.05) is 0 Å². The minimum atomic E-state index is -0.250. The Bertz CT molecular complexity index is 64.6. The van der Waals surface area contributed by atoms with Crippen molar-refractivity contribution >= 4 is 6.47 Å². The molecule has 1 saturated carbocycles. The number of hydrogen-bond acceptors (Lipinski definition) is 1. The summed E-state index contributed by atoms with van der Waals surface area (Å²) in [5, 5.41) is 6.89. The van der Waals surface area contributed by atoms with E-state index in [4.69, 9.17) is 9.90 Å². The Balaban J connectivity index is 0.000000187. The molecule has 0 atom stereocenters. The first-order valence-corrected chi connectivity index (χ1v) is 3.43. The fourth-order valence-electron chi connectivity index (χ4n) is 0.901. The van der Waals surface area contributed by atoms with E-state index < -0.39 is 0 Å². The summed E-state index contributed by atoms with van der Waals surface area (Å²) in [7, 11) is 0. The van der Waals surface area contributed by atoms with Gasteiger partial charge in [-0.05, 0) is 5.92 Å². The van der Waals surface area contributed by atoms with Gasteiger partial charge in [0.1, 0.15) is 0 Å². The van der Waals surface area contributed by atoms with Gasteiger partial charge in [0.15, 0.2) is 0 Å². The number of carboxylic acid groups (broad SMARTS) is 1. The summed E-state index contributed by atoms with van der Waals surface area (Å²) in [4.78, 5) is 8.36. The Labute approximate surface area is 55.9 Å². The summed E-state index contributed by atoms with van der Waals surface area (Å²) >= 11 is 0. The normalized spacial score (nSPS) is 17.0. The van der Waals surface area contributed by atoms with Crippen LogP contribution in [0.3, 0.4) is 0 Å². The minimum absolute atomic E-state index is 0.250. The standard InChI is InChI=1S/C6H12.CH2O2/c1-2-6-4-3-5-6;2-1-3/h6H,2-5H2,1H3;1H,(H,2,3). The maximum Gasteiger partial charge on any atom is 0.290 e. The van der Waals surface area contributed by atoms with E-state index in [0.29, 0.717) is 0 Å². The summed E-state index contributed by atoms with van der Waals surface area (Å²) in [5.74, 6) is 1.12. The van der Waals surface area contributed by atoms with E-state index in [-0.39, 0.29) is 6.47 Å². The fraction of sp³-hybridized carbons (Fsp3) is 0.857. The Hall–Kier alpha value is -0.530. The minimum Gasteiger partial charge on any atom is -0.483 e. The van der Waals surface area contributed by atoms with Gasteiger partial charge in [0.25, 0.3) is 6.47 Å². The summed E-state index contributed by atoms with van der Waals surface area (Å²) < 4.78 is 0. The number of hydrogen-bond donors (Lipinski definition) is 1. The lowest BCUT2D eigenvalue weighted by atomic mass is 9.84. The van der Waals surface area contributed by atoms with Crippen molar-refractivity contribution in [2.24, 2.45) is 5.92 Å². The SMILES string of the molecule is CCC1CCC1.O=CO. The molecule has 1 aliphatic carbocycles. The lowest BCUT2D eigenvalue weighted by Gasteiger charge is -2.22. The number of rotatable bonds is 1. The molecule has 1 aliphatic rings. The van der Waals surface area contributed by atoms with E-state index in [1.165, 1.54) is 25.7 Å². The van der Waals surface area contributed by atoms with Crippen molar-refractivity contribution in [3.05, 3.63) is 0 Å². The van der Waals surface area contributed by atoms with Gasteiger partial charge in [-0.15, -0.1) is 0 Å². The highest BCUT2D eigenvalue weighted by Gasteiger charge is 2.13. The van der Waals surface area contributed by atoms with Gasteiger partial charge in [-0.1, -0.05) is 32.6 Å². The van der Waals surface area contributed by atoms with Crippen LogP contribution in [0.5, 0.6) is 0 Å². The van der Waals surface area contributed by atoms with Crippen molar-refractivity contribution in [1.29, 1.82) is 0 Å². The van der Waals surface area contributed by atoms with Crippen LogP contribution in [0.2, 0.25) is 0 Å². The smallest absolute Gasteiger partial charge is 0.290 e. The molecule has 0 bridgehead atoms. The van der Waals surface area contributed by atoms with Gasteiger partial charge in [0.05, 0.1) is 0 Å². The highest BCUT2D eigenvalue weighted by molar-refractivity contribution is 5.32. The highest BCUT2D eigenvalue weighted by atomic mass is 16.3. The molecule has 1 N–H and O–H groups in total. The molecule has 0 aromatic carbocycles. The third kappa shape index (κ3) is 4.01. The lowest BCUT2D eigenvalue weighted by Crippen LogP contribution is -2.08. The Kier molecular flexibility index (Phi) is 5.27. The first kappa shape index (κ1) is 8.47. The monoisotopic (exact) mass is 130 g/mol. The van der Waals surface area contributed by atoms with Crippen molar-refractivity contribution in [3.63, 3.8) is 0 Å². The van der Waals surface area contributed by atoms with E-state index in [1.807, 2.05) is 0 Å². The quantitative estimate of drug-likeness (QED) is 0.550. The van der Waals surface area contributed by atoms with Gasteiger partial charge >= 0.3 is 0 Å². The molecule has 2 heteroatoms. The highest BCUT2D eigenvalue weighted by Crippen LogP contribution is 2.28. The molecular formula is C7H14O2. The van der Waals surface area contributed by atoms with Gasteiger partial charge in [-0.2, -0.15) is 0 Å². The van der Waals surface area contributed by atoms with E-state index in [9.17, 15) is 0 Å². The van der Waals surface area contributed by atoms with Crippen LogP contribution in [0.4, 0.5) is 0 Å². The summed E-state index contributed by atoms with van der Waals surface area (Å²) in [6.07, 6.45) is 5.94. The van der Waals surface area contributed by atoms with Crippen LogP contribution in [0, 0.1) is 5.92 Å². The molecule has 0 spiro atoms. The molecule has 0 aromatic heterocycles. The van der Waals surface area contributed by atoms with Crippen LogP contribution in [0.15, 0.2) is 0 Å². The Morgan fingerprint density at radius 1 is 1.67 bits per heavy atom. The van der Waals surface area contributed by atoms with Gasteiger partial charge in [-0.3, -0.25) is 4.79 Å². The summed E-state index contributed by atoms with van der Waals surface area (Å²) in [5.41, 5.74) is 0. The van der Waals surface area contributed by atoms with Crippen LogP contribution < -0.4 is 0 Å². The second-order valence-electron chi connectivity index (χ2n) is 2.31. The maximum absolute atomic E-state index is 8.36. The molecule has 0 unspecified atom stereocenters. The largest absolute Gasteiger partial charge is 0.483 e. The zero-order valence-electron chi connectivity index (χ0n) is 5.84.